The predicted molar refractivity (Wildman–Crippen MR) is 186 cm³/mol. The number of benzene rings is 3. The molecule has 0 aliphatic carbocycles. The average molecular weight is 698 g/mol. The molecule has 0 radical (unpaired) electrons. The minimum atomic E-state index is -0.877. The Kier molecular flexibility index (Phi) is 10.2. The Labute approximate surface area is 285 Å². The monoisotopic (exact) mass is 696 g/mol. The topological polar surface area (TPSA) is 74.7 Å². The number of nitrogens with zero attached hydrogens (tertiary/aromatic N) is 6. The lowest BCUT2D eigenvalue weighted by Gasteiger charge is -2.35. The summed E-state index contributed by atoms with van der Waals surface area (Å²) >= 11 is 14.5. The largest absolute Gasteiger partial charge is 0.467 e. The van der Waals surface area contributed by atoms with E-state index in [1.54, 1.807) is 29.8 Å². The zero-order valence-electron chi connectivity index (χ0n) is 25.9. The molecule has 0 bridgehead atoms. The van der Waals surface area contributed by atoms with Gasteiger partial charge in [0, 0.05) is 65.2 Å². The molecule has 244 valence electrons. The maximum absolute atomic E-state index is 16.4. The number of carbonyl (C=O) groups is 1. The van der Waals surface area contributed by atoms with Crippen LogP contribution in [0.2, 0.25) is 10.0 Å². The molecular formula is C34H32Cl2F2N6O2S. The van der Waals surface area contributed by atoms with Gasteiger partial charge in [-0.15, -0.1) is 11.3 Å². The third-order valence-corrected chi connectivity index (χ3v) is 9.59. The van der Waals surface area contributed by atoms with Crippen molar-refractivity contribution in [1.82, 2.24) is 24.8 Å². The van der Waals surface area contributed by atoms with Crippen molar-refractivity contribution in [2.45, 2.75) is 12.8 Å². The first-order chi connectivity index (χ1) is 22.7. The van der Waals surface area contributed by atoms with Crippen LogP contribution in [0.15, 0.2) is 59.9 Å². The zero-order chi connectivity index (χ0) is 33.1. The molecule has 4 heterocycles. The number of ether oxygens (including phenoxy) is 1. The van der Waals surface area contributed by atoms with Crippen molar-refractivity contribution in [3.8, 4) is 17.1 Å². The molecule has 0 unspecified atom stereocenters. The zero-order valence-corrected chi connectivity index (χ0v) is 28.2. The van der Waals surface area contributed by atoms with Crippen molar-refractivity contribution in [2.24, 2.45) is 0 Å². The minimum Gasteiger partial charge on any atom is -0.467 e. The Morgan fingerprint density at radius 1 is 1.00 bits per heavy atom. The van der Waals surface area contributed by atoms with Gasteiger partial charge in [0.05, 0.1) is 12.1 Å². The standard InChI is InChI=1S/C29H21Cl2F2N5O2S.C5H11N/c1-40-29-35-26-18(14-20(31)24(25(26)33)17-6-2-4-16-5-3-7-19(30)23(16)17)27(36-29)37-9-11-38(12-10-37)28(39)21(32)15-22-34-8-13-41-22;1-6-4-2-3-5-6/h2-8,13-15H,9-12H2,1H3;2-5H2,1H3/b21-15-;. The molecule has 2 fully saturated rings. The molecule has 2 saturated heterocycles. The summed E-state index contributed by atoms with van der Waals surface area (Å²) in [4.78, 5) is 31.2. The first-order valence-corrected chi connectivity index (χ1v) is 16.8. The lowest BCUT2D eigenvalue weighted by atomic mass is 9.96. The molecule has 7 rings (SSSR count). The molecule has 0 atom stereocenters. The number of amides is 1. The number of thiazole rings is 1. The van der Waals surface area contributed by atoms with E-state index in [-0.39, 0.29) is 35.2 Å². The van der Waals surface area contributed by atoms with Gasteiger partial charge < -0.3 is 19.4 Å². The number of methoxy groups -OCH3 is 1. The number of rotatable bonds is 5. The molecule has 0 spiro atoms. The van der Waals surface area contributed by atoms with Gasteiger partial charge in [0.1, 0.15) is 16.3 Å². The Balaban J connectivity index is 0.000000580. The summed E-state index contributed by atoms with van der Waals surface area (Å²) in [7, 11) is 3.57. The molecule has 2 aliphatic heterocycles. The average Bonchev–Trinajstić information content (AvgIpc) is 3.79. The van der Waals surface area contributed by atoms with Crippen LogP contribution < -0.4 is 9.64 Å². The molecule has 0 saturated carbocycles. The second-order valence-electron chi connectivity index (χ2n) is 11.3. The fourth-order valence-electron chi connectivity index (χ4n) is 5.87. The number of fused-ring (bicyclic) bond motifs is 2. The molecule has 3 aromatic carbocycles. The van der Waals surface area contributed by atoms with Gasteiger partial charge >= 0.3 is 6.01 Å². The highest BCUT2D eigenvalue weighted by Crippen LogP contribution is 2.42. The van der Waals surface area contributed by atoms with E-state index in [0.29, 0.717) is 45.3 Å². The van der Waals surface area contributed by atoms with Crippen LogP contribution in [0.3, 0.4) is 0 Å². The molecule has 2 aromatic heterocycles. The van der Waals surface area contributed by atoms with E-state index in [4.69, 9.17) is 27.9 Å². The number of carbonyl (C=O) groups excluding carboxylic acids is 1. The van der Waals surface area contributed by atoms with Crippen LogP contribution in [0.5, 0.6) is 6.01 Å². The number of aromatic nitrogens is 3. The number of hydrogen-bond acceptors (Lipinski definition) is 8. The van der Waals surface area contributed by atoms with Gasteiger partial charge in [-0.3, -0.25) is 4.79 Å². The first-order valence-electron chi connectivity index (χ1n) is 15.2. The normalized spacial score (nSPS) is 15.7. The van der Waals surface area contributed by atoms with Crippen molar-refractivity contribution in [1.29, 1.82) is 0 Å². The lowest BCUT2D eigenvalue weighted by molar-refractivity contribution is -0.128. The van der Waals surface area contributed by atoms with Gasteiger partial charge in [-0.2, -0.15) is 9.97 Å². The molecule has 47 heavy (non-hydrogen) atoms. The highest BCUT2D eigenvalue weighted by atomic mass is 35.5. The quantitative estimate of drug-likeness (QED) is 0.174. The fourth-order valence-corrected chi connectivity index (χ4v) is 7.00. The van der Waals surface area contributed by atoms with Gasteiger partial charge in [0.2, 0.25) is 0 Å². The Hall–Kier alpha value is -3.90. The molecule has 8 nitrogen and oxygen atoms in total. The van der Waals surface area contributed by atoms with E-state index in [1.165, 1.54) is 49.3 Å². The van der Waals surface area contributed by atoms with E-state index in [9.17, 15) is 9.18 Å². The van der Waals surface area contributed by atoms with Crippen LogP contribution in [-0.2, 0) is 4.79 Å². The van der Waals surface area contributed by atoms with E-state index in [2.05, 4.69) is 26.9 Å². The summed E-state index contributed by atoms with van der Waals surface area (Å²) in [6.45, 7) is 3.75. The van der Waals surface area contributed by atoms with Gasteiger partial charge in [-0.05, 0) is 56.1 Å². The SMILES string of the molecule is CN1CCCC1.COc1nc(N2CCN(C(=O)/C(F)=C/c3nccs3)CC2)c2cc(Cl)c(-c3cccc4cccc(Cl)c34)c(F)c2n1. The van der Waals surface area contributed by atoms with Gasteiger partial charge in [-0.1, -0.05) is 53.5 Å². The second kappa shape index (κ2) is 14.5. The highest BCUT2D eigenvalue weighted by molar-refractivity contribution is 7.10. The van der Waals surface area contributed by atoms with Crippen molar-refractivity contribution >= 4 is 74.0 Å². The van der Waals surface area contributed by atoms with Gasteiger partial charge in [0.25, 0.3) is 5.91 Å². The van der Waals surface area contributed by atoms with Gasteiger partial charge in [0.15, 0.2) is 11.6 Å². The lowest BCUT2D eigenvalue weighted by Crippen LogP contribution is -2.49. The fraction of sp³-hybridized carbons (Fsp3) is 0.294. The van der Waals surface area contributed by atoms with Crippen LogP contribution in [0.1, 0.15) is 17.8 Å². The summed E-state index contributed by atoms with van der Waals surface area (Å²) < 4.78 is 36.3. The molecule has 1 amide bonds. The number of likely N-dealkylation sites (tertiary alicyclic amines) is 1. The summed E-state index contributed by atoms with van der Waals surface area (Å²) in [6.07, 6.45) is 5.50. The van der Waals surface area contributed by atoms with Crippen LogP contribution >= 0.6 is 34.5 Å². The Morgan fingerprint density at radius 3 is 2.36 bits per heavy atom. The van der Waals surface area contributed by atoms with Crippen LogP contribution in [0, 0.1) is 5.82 Å². The molecule has 2 aliphatic rings. The van der Waals surface area contributed by atoms with Crippen molar-refractivity contribution in [3.05, 3.63) is 80.7 Å². The van der Waals surface area contributed by atoms with E-state index in [1.807, 2.05) is 29.2 Å². The number of piperazine rings is 1. The molecule has 13 heteroatoms. The molecular weight excluding hydrogens is 665 g/mol. The molecule has 0 N–H and O–H groups in total. The number of hydrogen-bond donors (Lipinski definition) is 0. The summed E-state index contributed by atoms with van der Waals surface area (Å²) in [6, 6.07) is 12.6. The number of anilines is 1. The van der Waals surface area contributed by atoms with Crippen molar-refractivity contribution < 1.29 is 18.3 Å². The van der Waals surface area contributed by atoms with E-state index >= 15 is 4.39 Å². The maximum Gasteiger partial charge on any atom is 0.318 e. The third kappa shape index (κ3) is 7.03. The number of halogens is 4. The predicted octanol–water partition coefficient (Wildman–Crippen LogP) is 7.73. The molecule has 5 aromatic rings. The smallest absolute Gasteiger partial charge is 0.318 e. The summed E-state index contributed by atoms with van der Waals surface area (Å²) in [5.74, 6) is -1.82. The minimum absolute atomic E-state index is 0.0217. The Bertz CT molecular complexity index is 1940. The second-order valence-corrected chi connectivity index (χ2v) is 13.0. The van der Waals surface area contributed by atoms with Crippen molar-refractivity contribution in [2.75, 3.05) is 58.3 Å². The summed E-state index contributed by atoms with van der Waals surface area (Å²) in [5, 5.41) is 4.67. The van der Waals surface area contributed by atoms with Crippen LogP contribution in [0.4, 0.5) is 14.6 Å². The van der Waals surface area contributed by atoms with Crippen LogP contribution in [0.25, 0.3) is 38.9 Å². The third-order valence-electron chi connectivity index (χ3n) is 8.25. The van der Waals surface area contributed by atoms with Gasteiger partial charge in [-0.25, -0.2) is 13.8 Å². The highest BCUT2D eigenvalue weighted by Gasteiger charge is 2.28. The maximum atomic E-state index is 16.4. The first kappa shape index (κ1) is 33.0. The van der Waals surface area contributed by atoms with Crippen LogP contribution in [-0.4, -0.2) is 84.1 Å². The van der Waals surface area contributed by atoms with Crippen molar-refractivity contribution in [3.63, 3.8) is 0 Å². The van der Waals surface area contributed by atoms with E-state index in [0.717, 1.165) is 11.5 Å². The summed E-state index contributed by atoms with van der Waals surface area (Å²) in [5.41, 5.74) is 0.741. The van der Waals surface area contributed by atoms with E-state index < -0.39 is 17.6 Å². The Morgan fingerprint density at radius 2 is 1.72 bits per heavy atom.